The van der Waals surface area contributed by atoms with E-state index in [1.807, 2.05) is 4.90 Å². The molecule has 1 aromatic carbocycles. The topological polar surface area (TPSA) is 78.8 Å². The summed E-state index contributed by atoms with van der Waals surface area (Å²) >= 11 is 0. The number of nitrogens with zero attached hydrogens (tertiary/aromatic N) is 5. The van der Waals surface area contributed by atoms with Gasteiger partial charge in [0, 0.05) is 51.4 Å². The van der Waals surface area contributed by atoms with Crippen LogP contribution < -0.4 is 4.90 Å². The number of sulfonamides is 1. The van der Waals surface area contributed by atoms with E-state index in [4.69, 9.17) is 0 Å². The zero-order chi connectivity index (χ0) is 23.8. The maximum absolute atomic E-state index is 13.1. The SMILES string of the molecule is Cc1cccc(N2CCN(C(=O)CCn3nc(C)c(S(=O)(=O)N4CCCC4)c3C)CC2)c1C. The number of carbonyl (C=O) groups excluding carboxylic acids is 1. The highest BCUT2D eigenvalue weighted by molar-refractivity contribution is 7.89. The minimum Gasteiger partial charge on any atom is -0.368 e. The van der Waals surface area contributed by atoms with Crippen molar-refractivity contribution >= 4 is 21.6 Å². The maximum atomic E-state index is 13.1. The van der Waals surface area contributed by atoms with Crippen molar-refractivity contribution in [3.8, 4) is 0 Å². The summed E-state index contributed by atoms with van der Waals surface area (Å²) in [7, 11) is -3.53. The fourth-order valence-electron chi connectivity index (χ4n) is 4.96. The van der Waals surface area contributed by atoms with E-state index >= 15 is 0 Å². The normalized spacial score (nSPS) is 17.7. The van der Waals surface area contributed by atoms with Gasteiger partial charge in [0.1, 0.15) is 4.90 Å². The van der Waals surface area contributed by atoms with Gasteiger partial charge in [-0.1, -0.05) is 12.1 Å². The van der Waals surface area contributed by atoms with Crippen LogP contribution in [0.1, 0.15) is 41.8 Å². The van der Waals surface area contributed by atoms with E-state index in [0.717, 1.165) is 25.9 Å². The average Bonchev–Trinajstić information content (AvgIpc) is 3.43. The third-order valence-electron chi connectivity index (χ3n) is 7.06. The Kier molecular flexibility index (Phi) is 6.81. The van der Waals surface area contributed by atoms with Gasteiger partial charge in [-0.15, -0.1) is 0 Å². The summed E-state index contributed by atoms with van der Waals surface area (Å²) in [5, 5.41) is 4.47. The van der Waals surface area contributed by atoms with E-state index in [9.17, 15) is 13.2 Å². The zero-order valence-corrected chi connectivity index (χ0v) is 21.0. The van der Waals surface area contributed by atoms with Crippen LogP contribution in [-0.2, 0) is 21.4 Å². The third-order valence-corrected chi connectivity index (χ3v) is 9.22. The highest BCUT2D eigenvalue weighted by Gasteiger charge is 2.32. The molecule has 2 aromatic rings. The number of piperazine rings is 1. The molecule has 0 bridgehead atoms. The van der Waals surface area contributed by atoms with Crippen LogP contribution in [0.2, 0.25) is 0 Å². The Morgan fingerprint density at radius 2 is 1.64 bits per heavy atom. The molecule has 2 saturated heterocycles. The Bertz CT molecular complexity index is 1130. The zero-order valence-electron chi connectivity index (χ0n) is 20.2. The number of aromatic nitrogens is 2. The van der Waals surface area contributed by atoms with Gasteiger partial charge in [0.25, 0.3) is 0 Å². The summed E-state index contributed by atoms with van der Waals surface area (Å²) in [5.74, 6) is 0.0899. The van der Waals surface area contributed by atoms with E-state index in [0.29, 0.717) is 55.4 Å². The van der Waals surface area contributed by atoms with Crippen molar-refractivity contribution in [2.45, 2.75) is 58.4 Å². The fraction of sp³-hybridized carbons (Fsp3) is 0.583. The van der Waals surface area contributed by atoms with Gasteiger partial charge in [-0.25, -0.2) is 8.42 Å². The molecule has 2 aliphatic rings. The van der Waals surface area contributed by atoms with Gasteiger partial charge in [-0.3, -0.25) is 9.48 Å². The lowest BCUT2D eigenvalue weighted by Crippen LogP contribution is -2.49. The lowest BCUT2D eigenvalue weighted by atomic mass is 10.1. The first kappa shape index (κ1) is 23.8. The van der Waals surface area contributed by atoms with Crippen LogP contribution in [0.25, 0.3) is 0 Å². The Morgan fingerprint density at radius 3 is 2.30 bits per heavy atom. The van der Waals surface area contributed by atoms with Crippen molar-refractivity contribution in [2.75, 3.05) is 44.2 Å². The average molecular weight is 474 g/mol. The molecule has 2 fully saturated rings. The molecule has 8 nitrogen and oxygen atoms in total. The number of hydrogen-bond donors (Lipinski definition) is 0. The Labute approximate surface area is 197 Å². The minimum atomic E-state index is -3.53. The molecule has 9 heteroatoms. The van der Waals surface area contributed by atoms with Crippen LogP contribution in [0.3, 0.4) is 0 Å². The van der Waals surface area contributed by atoms with Crippen molar-refractivity contribution in [2.24, 2.45) is 0 Å². The number of rotatable bonds is 6. The number of hydrogen-bond acceptors (Lipinski definition) is 5. The third kappa shape index (κ3) is 4.66. The second-order valence-corrected chi connectivity index (χ2v) is 11.0. The molecule has 180 valence electrons. The quantitative estimate of drug-likeness (QED) is 0.645. The first-order valence-electron chi connectivity index (χ1n) is 11.8. The first-order chi connectivity index (χ1) is 15.7. The van der Waals surface area contributed by atoms with Gasteiger partial charge in [-0.2, -0.15) is 9.40 Å². The summed E-state index contributed by atoms with van der Waals surface area (Å²) in [5.41, 5.74) is 4.95. The monoisotopic (exact) mass is 473 g/mol. The maximum Gasteiger partial charge on any atom is 0.246 e. The van der Waals surface area contributed by atoms with E-state index in [-0.39, 0.29) is 5.91 Å². The first-order valence-corrected chi connectivity index (χ1v) is 13.3. The van der Waals surface area contributed by atoms with Crippen LogP contribution >= 0.6 is 0 Å². The number of aryl methyl sites for hydroxylation is 3. The molecule has 1 amide bonds. The van der Waals surface area contributed by atoms with Crippen LogP contribution in [0.5, 0.6) is 0 Å². The molecule has 4 rings (SSSR count). The predicted octanol–water partition coefficient (Wildman–Crippen LogP) is 2.64. The minimum absolute atomic E-state index is 0.0899. The molecule has 0 aliphatic carbocycles. The smallest absolute Gasteiger partial charge is 0.246 e. The molecule has 0 saturated carbocycles. The largest absolute Gasteiger partial charge is 0.368 e. The second kappa shape index (κ2) is 9.46. The molecule has 0 atom stereocenters. The van der Waals surface area contributed by atoms with Gasteiger partial charge < -0.3 is 9.80 Å². The Morgan fingerprint density at radius 1 is 0.970 bits per heavy atom. The lowest BCUT2D eigenvalue weighted by molar-refractivity contribution is -0.131. The molecular formula is C24H35N5O3S. The number of benzene rings is 1. The molecular weight excluding hydrogens is 438 g/mol. The molecule has 33 heavy (non-hydrogen) atoms. The summed E-state index contributed by atoms with van der Waals surface area (Å²) < 4.78 is 29.4. The van der Waals surface area contributed by atoms with E-state index < -0.39 is 10.0 Å². The molecule has 0 unspecified atom stereocenters. The van der Waals surface area contributed by atoms with Crippen molar-refractivity contribution in [3.05, 3.63) is 40.7 Å². The van der Waals surface area contributed by atoms with E-state index in [1.54, 1.807) is 22.8 Å². The molecule has 0 radical (unpaired) electrons. The number of anilines is 1. The van der Waals surface area contributed by atoms with Crippen LogP contribution in [-0.4, -0.2) is 72.6 Å². The second-order valence-electron chi connectivity index (χ2n) is 9.17. The lowest BCUT2D eigenvalue weighted by Gasteiger charge is -2.37. The van der Waals surface area contributed by atoms with Crippen molar-refractivity contribution < 1.29 is 13.2 Å². The van der Waals surface area contributed by atoms with Crippen molar-refractivity contribution in [3.63, 3.8) is 0 Å². The Balaban J connectivity index is 1.37. The summed E-state index contributed by atoms with van der Waals surface area (Å²) in [6.07, 6.45) is 2.11. The van der Waals surface area contributed by atoms with Gasteiger partial charge in [0.2, 0.25) is 15.9 Å². The van der Waals surface area contributed by atoms with Gasteiger partial charge in [0.05, 0.1) is 17.9 Å². The molecule has 1 aromatic heterocycles. The van der Waals surface area contributed by atoms with E-state index in [1.165, 1.54) is 16.8 Å². The van der Waals surface area contributed by atoms with Crippen LogP contribution in [0.15, 0.2) is 23.1 Å². The molecule has 2 aliphatic heterocycles. The van der Waals surface area contributed by atoms with Crippen molar-refractivity contribution in [1.82, 2.24) is 19.0 Å². The summed E-state index contributed by atoms with van der Waals surface area (Å²) in [6, 6.07) is 6.36. The molecule has 3 heterocycles. The number of amides is 1. The summed E-state index contributed by atoms with van der Waals surface area (Å²) in [6.45, 7) is 12.3. The van der Waals surface area contributed by atoms with Crippen LogP contribution in [0.4, 0.5) is 5.69 Å². The molecule has 0 spiro atoms. The van der Waals surface area contributed by atoms with E-state index in [2.05, 4.69) is 42.0 Å². The molecule has 0 N–H and O–H groups in total. The van der Waals surface area contributed by atoms with Gasteiger partial charge in [-0.05, 0) is 57.7 Å². The fourth-order valence-corrected chi connectivity index (χ4v) is 6.85. The standard InChI is InChI=1S/C24H35N5O3S/c1-18-8-7-9-22(19(18)2)26-14-16-27(17-15-26)23(30)10-13-29-21(4)24(20(3)25-29)33(31,32)28-11-5-6-12-28/h7-9H,5-6,10-17H2,1-4H3. The highest BCUT2D eigenvalue weighted by Crippen LogP contribution is 2.27. The summed E-state index contributed by atoms with van der Waals surface area (Å²) in [4.78, 5) is 17.5. The Hall–Kier alpha value is -2.39. The van der Waals surface area contributed by atoms with Crippen molar-refractivity contribution in [1.29, 1.82) is 0 Å². The van der Waals surface area contributed by atoms with Crippen LogP contribution in [0, 0.1) is 27.7 Å². The highest BCUT2D eigenvalue weighted by atomic mass is 32.2. The van der Waals surface area contributed by atoms with Gasteiger partial charge in [0.15, 0.2) is 0 Å². The van der Waals surface area contributed by atoms with Gasteiger partial charge >= 0.3 is 0 Å². The number of carbonyl (C=O) groups is 1. The predicted molar refractivity (Wildman–Crippen MR) is 129 cm³/mol.